The molecule has 0 unspecified atom stereocenters. The van der Waals surface area contributed by atoms with Crippen molar-refractivity contribution in [3.05, 3.63) is 28.8 Å². The molecular weight excluding hydrogens is 223 g/mol. The van der Waals surface area contributed by atoms with Gasteiger partial charge in [-0.25, -0.2) is 0 Å². The molecule has 1 aromatic carbocycles. The van der Waals surface area contributed by atoms with Crippen molar-refractivity contribution in [2.24, 2.45) is 0 Å². The SMILES string of the molecule is COS(=O)(=O)c1ccc(C)c(C)c1C.[NaH]. The van der Waals surface area contributed by atoms with Crippen LogP contribution in [0, 0.1) is 20.8 Å². The molecule has 80 valence electrons. The molecule has 0 aromatic heterocycles. The zero-order valence-electron chi connectivity index (χ0n) is 8.79. The summed E-state index contributed by atoms with van der Waals surface area (Å²) in [4.78, 5) is 0.253. The first-order chi connectivity index (χ1) is 6.40. The van der Waals surface area contributed by atoms with E-state index in [0.717, 1.165) is 16.7 Å². The van der Waals surface area contributed by atoms with Crippen LogP contribution in [0.15, 0.2) is 17.0 Å². The van der Waals surface area contributed by atoms with Crippen molar-refractivity contribution in [1.29, 1.82) is 0 Å². The normalized spacial score (nSPS) is 10.9. The first-order valence-corrected chi connectivity index (χ1v) is 5.68. The van der Waals surface area contributed by atoms with Gasteiger partial charge in [0, 0.05) is 0 Å². The van der Waals surface area contributed by atoms with Crippen LogP contribution >= 0.6 is 0 Å². The molecule has 15 heavy (non-hydrogen) atoms. The molecule has 0 saturated heterocycles. The van der Waals surface area contributed by atoms with Gasteiger partial charge >= 0.3 is 29.6 Å². The zero-order chi connectivity index (χ0) is 10.9. The Balaban J connectivity index is 0.00000196. The van der Waals surface area contributed by atoms with E-state index in [0.29, 0.717) is 0 Å². The first kappa shape index (κ1) is 15.1. The number of hydrogen-bond acceptors (Lipinski definition) is 3. The van der Waals surface area contributed by atoms with Gasteiger partial charge in [-0.1, -0.05) is 6.07 Å². The second-order valence-corrected chi connectivity index (χ2v) is 4.93. The number of hydrogen-bond donors (Lipinski definition) is 0. The van der Waals surface area contributed by atoms with Gasteiger partial charge in [-0.2, -0.15) is 8.42 Å². The molecule has 5 heteroatoms. The van der Waals surface area contributed by atoms with Gasteiger partial charge < -0.3 is 0 Å². The van der Waals surface area contributed by atoms with Gasteiger partial charge in [-0.15, -0.1) is 0 Å². The van der Waals surface area contributed by atoms with Gasteiger partial charge in [0.25, 0.3) is 10.1 Å². The summed E-state index contributed by atoms with van der Waals surface area (Å²) >= 11 is 0. The Kier molecular flexibility index (Phi) is 5.50. The van der Waals surface area contributed by atoms with Gasteiger partial charge in [-0.3, -0.25) is 4.18 Å². The van der Waals surface area contributed by atoms with Crippen LogP contribution in [0.25, 0.3) is 0 Å². The first-order valence-electron chi connectivity index (χ1n) is 4.27. The molecule has 1 aromatic rings. The van der Waals surface area contributed by atoms with E-state index in [1.807, 2.05) is 13.8 Å². The van der Waals surface area contributed by atoms with Crippen molar-refractivity contribution < 1.29 is 12.6 Å². The van der Waals surface area contributed by atoms with Crippen LogP contribution in [0.5, 0.6) is 0 Å². The predicted molar refractivity (Wildman–Crippen MR) is 62.0 cm³/mol. The maximum absolute atomic E-state index is 11.5. The molecule has 0 saturated carbocycles. The second-order valence-electron chi connectivity index (χ2n) is 3.25. The molecule has 0 spiro atoms. The number of rotatable bonds is 2. The average molecular weight is 238 g/mol. The zero-order valence-corrected chi connectivity index (χ0v) is 9.60. The Morgan fingerprint density at radius 3 is 2.07 bits per heavy atom. The molecule has 0 N–H and O–H groups in total. The average Bonchev–Trinajstić information content (AvgIpc) is 2.14. The standard InChI is InChI=1S/C10H14O3S.Na.H/c1-7-5-6-10(9(3)8(7)2)14(11,12)13-4;;/h5-6H,1-4H3;;. The monoisotopic (exact) mass is 238 g/mol. The number of aryl methyl sites for hydroxylation is 1. The Morgan fingerprint density at radius 1 is 1.07 bits per heavy atom. The van der Waals surface area contributed by atoms with Crippen LogP contribution in [0.3, 0.4) is 0 Å². The van der Waals surface area contributed by atoms with E-state index in [9.17, 15) is 8.42 Å². The summed E-state index contributed by atoms with van der Waals surface area (Å²) in [5.41, 5.74) is 2.83. The third-order valence-electron chi connectivity index (χ3n) is 2.50. The molecular formula is C10H15NaO3S. The van der Waals surface area contributed by atoms with Crippen LogP contribution in [0.4, 0.5) is 0 Å². The fraction of sp³-hybridized carbons (Fsp3) is 0.400. The third kappa shape index (κ3) is 3.04. The van der Waals surface area contributed by atoms with Crippen LogP contribution in [0.1, 0.15) is 16.7 Å². The van der Waals surface area contributed by atoms with E-state index in [4.69, 9.17) is 0 Å². The van der Waals surface area contributed by atoms with Crippen LogP contribution in [-0.2, 0) is 14.3 Å². The van der Waals surface area contributed by atoms with Crippen molar-refractivity contribution in [2.75, 3.05) is 7.11 Å². The molecule has 0 bridgehead atoms. The van der Waals surface area contributed by atoms with E-state index < -0.39 is 10.1 Å². The fourth-order valence-electron chi connectivity index (χ4n) is 1.29. The Labute approximate surface area is 113 Å². The molecule has 0 amide bonds. The molecule has 0 atom stereocenters. The van der Waals surface area contributed by atoms with E-state index >= 15 is 0 Å². The molecule has 1 rings (SSSR count). The van der Waals surface area contributed by atoms with E-state index in [1.54, 1.807) is 19.1 Å². The molecule has 0 fully saturated rings. The van der Waals surface area contributed by atoms with Gasteiger partial charge in [-0.05, 0) is 43.5 Å². The maximum atomic E-state index is 11.5. The van der Waals surface area contributed by atoms with E-state index in [2.05, 4.69) is 4.18 Å². The van der Waals surface area contributed by atoms with Crippen molar-refractivity contribution >= 4 is 39.7 Å². The second kappa shape index (κ2) is 5.46. The van der Waals surface area contributed by atoms with Gasteiger partial charge in [0.2, 0.25) is 0 Å². The van der Waals surface area contributed by atoms with Gasteiger partial charge in [0.1, 0.15) is 0 Å². The quantitative estimate of drug-likeness (QED) is 0.576. The molecule has 0 aliphatic rings. The third-order valence-corrected chi connectivity index (χ3v) is 3.92. The Morgan fingerprint density at radius 2 is 1.60 bits per heavy atom. The minimum absolute atomic E-state index is 0. The summed E-state index contributed by atoms with van der Waals surface area (Å²) in [6.45, 7) is 5.64. The van der Waals surface area contributed by atoms with Gasteiger partial charge in [0.05, 0.1) is 12.0 Å². The fourth-order valence-corrected chi connectivity index (χ4v) is 2.23. The summed E-state index contributed by atoms with van der Waals surface area (Å²) in [6, 6.07) is 3.37. The topological polar surface area (TPSA) is 43.4 Å². The Bertz CT molecular complexity index is 452. The molecule has 0 heterocycles. The van der Waals surface area contributed by atoms with Crippen molar-refractivity contribution in [2.45, 2.75) is 25.7 Å². The summed E-state index contributed by atoms with van der Waals surface area (Å²) in [5, 5.41) is 0. The molecule has 0 aliphatic heterocycles. The molecule has 0 radical (unpaired) electrons. The predicted octanol–water partition coefficient (Wildman–Crippen LogP) is 1.30. The summed E-state index contributed by atoms with van der Waals surface area (Å²) in [7, 11) is -2.40. The summed E-state index contributed by atoms with van der Waals surface area (Å²) in [6.07, 6.45) is 0. The van der Waals surface area contributed by atoms with Gasteiger partial charge in [0.15, 0.2) is 0 Å². The number of benzene rings is 1. The van der Waals surface area contributed by atoms with Crippen molar-refractivity contribution in [3.8, 4) is 0 Å². The summed E-state index contributed by atoms with van der Waals surface area (Å²) in [5.74, 6) is 0. The van der Waals surface area contributed by atoms with E-state index in [1.165, 1.54) is 7.11 Å². The Hall–Kier alpha value is 0.130. The molecule has 0 aliphatic carbocycles. The van der Waals surface area contributed by atoms with Crippen LogP contribution in [0.2, 0.25) is 0 Å². The minimum atomic E-state index is -3.57. The van der Waals surface area contributed by atoms with Crippen molar-refractivity contribution in [3.63, 3.8) is 0 Å². The van der Waals surface area contributed by atoms with Crippen LogP contribution < -0.4 is 0 Å². The molecule has 3 nitrogen and oxygen atoms in total. The van der Waals surface area contributed by atoms with E-state index in [-0.39, 0.29) is 34.5 Å². The van der Waals surface area contributed by atoms with Crippen molar-refractivity contribution in [1.82, 2.24) is 0 Å². The van der Waals surface area contributed by atoms with Crippen LogP contribution in [-0.4, -0.2) is 45.1 Å². The summed E-state index contributed by atoms with van der Waals surface area (Å²) < 4.78 is 27.4.